The summed E-state index contributed by atoms with van der Waals surface area (Å²) in [6, 6.07) is 18.5. The smallest absolute Gasteiger partial charge is 0.150 e. The molecule has 0 aliphatic rings. The molecule has 6 nitrogen and oxygen atoms in total. The van der Waals surface area contributed by atoms with Crippen LogP contribution in [-0.2, 0) is 6.42 Å². The fraction of sp³-hybridized carbons (Fsp3) is 0.0455. The second-order valence-corrected chi connectivity index (χ2v) is 6.62. The van der Waals surface area contributed by atoms with Crippen LogP contribution in [0.2, 0.25) is 0 Å². The van der Waals surface area contributed by atoms with Crippen molar-refractivity contribution < 1.29 is 0 Å². The number of hydrogen-bond donors (Lipinski definition) is 2. The fourth-order valence-corrected chi connectivity index (χ4v) is 3.52. The summed E-state index contributed by atoms with van der Waals surface area (Å²) >= 11 is 0. The summed E-state index contributed by atoms with van der Waals surface area (Å²) in [6.45, 7) is 0. The van der Waals surface area contributed by atoms with E-state index in [1.54, 1.807) is 6.20 Å². The van der Waals surface area contributed by atoms with Gasteiger partial charge in [0.25, 0.3) is 0 Å². The van der Waals surface area contributed by atoms with Crippen molar-refractivity contribution in [1.29, 1.82) is 0 Å². The van der Waals surface area contributed by atoms with Crippen molar-refractivity contribution in [2.45, 2.75) is 6.42 Å². The molecular formula is C22H18N6. The van der Waals surface area contributed by atoms with E-state index in [0.29, 0.717) is 5.82 Å². The molecule has 0 amide bonds. The zero-order valence-electron chi connectivity index (χ0n) is 15.1. The first-order valence-electron chi connectivity index (χ1n) is 9.04. The van der Waals surface area contributed by atoms with Gasteiger partial charge in [-0.05, 0) is 23.3 Å². The minimum atomic E-state index is 0.481. The first-order chi connectivity index (χ1) is 13.8. The molecule has 0 radical (unpaired) electrons. The highest BCUT2D eigenvalue weighted by Crippen LogP contribution is 2.34. The topological polar surface area (TPSA) is 85.4 Å². The minimum Gasteiger partial charge on any atom is -0.383 e. The Labute approximate surface area is 161 Å². The Morgan fingerprint density at radius 3 is 2.68 bits per heavy atom. The normalized spacial score (nSPS) is 11.1. The maximum Gasteiger partial charge on any atom is 0.150 e. The molecule has 0 saturated heterocycles. The molecule has 5 aromatic rings. The van der Waals surface area contributed by atoms with Gasteiger partial charge in [0, 0.05) is 36.3 Å². The zero-order chi connectivity index (χ0) is 18.9. The molecule has 6 heteroatoms. The molecule has 0 unspecified atom stereocenters. The van der Waals surface area contributed by atoms with E-state index in [1.165, 1.54) is 6.33 Å². The van der Waals surface area contributed by atoms with Crippen LogP contribution in [0.15, 0.2) is 79.5 Å². The average molecular weight is 366 g/mol. The van der Waals surface area contributed by atoms with E-state index in [2.05, 4.69) is 61.0 Å². The maximum absolute atomic E-state index is 6.23. The lowest BCUT2D eigenvalue weighted by molar-refractivity contribution is 1.01. The van der Waals surface area contributed by atoms with Gasteiger partial charge in [0.05, 0.1) is 5.39 Å². The number of anilines is 1. The van der Waals surface area contributed by atoms with E-state index in [9.17, 15) is 0 Å². The summed E-state index contributed by atoms with van der Waals surface area (Å²) in [4.78, 5) is 16.2. The number of aromatic amines is 1. The Hall–Kier alpha value is -3.93. The van der Waals surface area contributed by atoms with Crippen LogP contribution >= 0.6 is 0 Å². The van der Waals surface area contributed by atoms with E-state index in [-0.39, 0.29) is 0 Å². The van der Waals surface area contributed by atoms with E-state index in [0.717, 1.165) is 45.7 Å². The van der Waals surface area contributed by atoms with E-state index in [1.807, 2.05) is 30.5 Å². The summed E-state index contributed by atoms with van der Waals surface area (Å²) in [5.41, 5.74) is 11.3. The third kappa shape index (κ3) is 2.81. The molecule has 0 saturated carbocycles. The van der Waals surface area contributed by atoms with E-state index in [4.69, 9.17) is 5.73 Å². The van der Waals surface area contributed by atoms with Crippen LogP contribution in [-0.4, -0.2) is 24.5 Å². The van der Waals surface area contributed by atoms with Crippen LogP contribution in [0.3, 0.4) is 0 Å². The number of aromatic nitrogens is 5. The number of H-pyrrole nitrogens is 1. The van der Waals surface area contributed by atoms with Gasteiger partial charge in [0.1, 0.15) is 18.0 Å². The van der Waals surface area contributed by atoms with Crippen molar-refractivity contribution in [2.24, 2.45) is 0 Å². The number of nitrogen functional groups attached to an aromatic ring is 1. The predicted molar refractivity (Wildman–Crippen MR) is 110 cm³/mol. The lowest BCUT2D eigenvalue weighted by Crippen LogP contribution is -1.98. The second kappa shape index (κ2) is 6.66. The number of benzene rings is 2. The lowest BCUT2D eigenvalue weighted by atomic mass is 10.1. The van der Waals surface area contributed by atoms with Gasteiger partial charge in [-0.1, -0.05) is 42.5 Å². The highest BCUT2D eigenvalue weighted by atomic mass is 15.1. The summed E-state index contributed by atoms with van der Waals surface area (Å²) in [5, 5.41) is 0.866. The fourth-order valence-electron chi connectivity index (χ4n) is 3.52. The van der Waals surface area contributed by atoms with Gasteiger partial charge in [-0.2, -0.15) is 0 Å². The molecule has 0 atom stereocenters. The molecule has 2 aromatic carbocycles. The summed E-state index contributed by atoms with van der Waals surface area (Å²) in [5.74, 6) is 1.42. The average Bonchev–Trinajstić information content (AvgIpc) is 3.37. The molecule has 3 heterocycles. The molecule has 136 valence electrons. The number of imidazole rings is 1. The van der Waals surface area contributed by atoms with Crippen molar-refractivity contribution in [2.75, 3.05) is 5.73 Å². The number of nitrogens with one attached hydrogen (secondary N) is 1. The zero-order valence-corrected chi connectivity index (χ0v) is 15.1. The Morgan fingerprint density at radius 2 is 1.86 bits per heavy atom. The SMILES string of the molecule is Nc1ncnc2c1c(-c1ccccc1)cn2-c1cccc(Cc2ncc[nH]2)c1. The van der Waals surface area contributed by atoms with Crippen LogP contribution in [0.5, 0.6) is 0 Å². The molecule has 28 heavy (non-hydrogen) atoms. The van der Waals surface area contributed by atoms with Crippen LogP contribution in [0.1, 0.15) is 11.4 Å². The van der Waals surface area contributed by atoms with Gasteiger partial charge in [-0.15, -0.1) is 0 Å². The summed E-state index contributed by atoms with van der Waals surface area (Å²) in [7, 11) is 0. The van der Waals surface area contributed by atoms with Crippen LogP contribution in [0.25, 0.3) is 27.8 Å². The third-order valence-corrected chi connectivity index (χ3v) is 4.81. The minimum absolute atomic E-state index is 0.481. The monoisotopic (exact) mass is 366 g/mol. The number of fused-ring (bicyclic) bond motifs is 1. The molecule has 0 bridgehead atoms. The van der Waals surface area contributed by atoms with Crippen LogP contribution in [0.4, 0.5) is 5.82 Å². The van der Waals surface area contributed by atoms with Gasteiger partial charge >= 0.3 is 0 Å². The Bertz CT molecular complexity index is 1240. The number of rotatable bonds is 4. The van der Waals surface area contributed by atoms with E-state index < -0.39 is 0 Å². The van der Waals surface area contributed by atoms with Crippen molar-refractivity contribution in [3.8, 4) is 16.8 Å². The molecule has 0 spiro atoms. The van der Waals surface area contributed by atoms with Crippen molar-refractivity contribution in [1.82, 2.24) is 24.5 Å². The standard InChI is InChI=1S/C22H18N6/c23-21-20-18(16-6-2-1-3-7-16)13-28(22(20)27-14-26-21)17-8-4-5-15(11-17)12-19-24-9-10-25-19/h1-11,13-14H,12H2,(H,24,25)(H2,23,26,27). The summed E-state index contributed by atoms with van der Waals surface area (Å²) in [6.07, 6.45) is 7.93. The quantitative estimate of drug-likeness (QED) is 0.504. The first-order valence-corrected chi connectivity index (χ1v) is 9.04. The van der Waals surface area contributed by atoms with Crippen LogP contribution in [0, 0.1) is 0 Å². The largest absolute Gasteiger partial charge is 0.383 e. The third-order valence-electron chi connectivity index (χ3n) is 4.81. The lowest BCUT2D eigenvalue weighted by Gasteiger charge is -2.07. The number of hydrogen-bond acceptors (Lipinski definition) is 4. The Balaban J connectivity index is 1.67. The van der Waals surface area contributed by atoms with Gasteiger partial charge < -0.3 is 15.3 Å². The molecule has 3 N–H and O–H groups in total. The predicted octanol–water partition coefficient (Wildman–Crippen LogP) is 3.98. The summed E-state index contributed by atoms with van der Waals surface area (Å²) < 4.78 is 2.07. The van der Waals surface area contributed by atoms with Gasteiger partial charge in [-0.25, -0.2) is 15.0 Å². The molecular weight excluding hydrogens is 348 g/mol. The Kier molecular flexibility index (Phi) is 3.87. The maximum atomic E-state index is 6.23. The highest BCUT2D eigenvalue weighted by Gasteiger charge is 2.16. The van der Waals surface area contributed by atoms with Gasteiger partial charge in [-0.3, -0.25) is 0 Å². The van der Waals surface area contributed by atoms with E-state index >= 15 is 0 Å². The number of nitrogens with two attached hydrogens (primary N) is 1. The van der Waals surface area contributed by atoms with Crippen molar-refractivity contribution >= 4 is 16.9 Å². The molecule has 5 rings (SSSR count). The van der Waals surface area contributed by atoms with Crippen LogP contribution < -0.4 is 5.73 Å². The highest BCUT2D eigenvalue weighted by molar-refractivity contribution is 6.01. The number of nitrogens with zero attached hydrogens (tertiary/aromatic N) is 4. The van der Waals surface area contributed by atoms with Crippen molar-refractivity contribution in [3.05, 3.63) is 90.9 Å². The first kappa shape index (κ1) is 16.3. The molecule has 0 aliphatic carbocycles. The van der Waals surface area contributed by atoms with Gasteiger partial charge in [0.2, 0.25) is 0 Å². The molecule has 3 aromatic heterocycles. The Morgan fingerprint density at radius 1 is 0.964 bits per heavy atom. The van der Waals surface area contributed by atoms with Crippen molar-refractivity contribution in [3.63, 3.8) is 0 Å². The molecule has 0 aliphatic heterocycles. The molecule has 0 fully saturated rings. The second-order valence-electron chi connectivity index (χ2n) is 6.62. The van der Waals surface area contributed by atoms with Gasteiger partial charge in [0.15, 0.2) is 5.65 Å².